The van der Waals surface area contributed by atoms with Gasteiger partial charge in [-0.3, -0.25) is 0 Å². The van der Waals surface area contributed by atoms with Gasteiger partial charge in [0.1, 0.15) is 11.3 Å². The van der Waals surface area contributed by atoms with Crippen LogP contribution in [0.3, 0.4) is 0 Å². The molecule has 1 atom stereocenters. The third-order valence-electron chi connectivity index (χ3n) is 3.40. The SMILES string of the molecule is COC(=O)c1cc2c(cc1OC)CC(C)CC2. The first-order valence-corrected chi connectivity index (χ1v) is 5.93. The van der Waals surface area contributed by atoms with Crippen LogP contribution in [-0.2, 0) is 17.6 Å². The second-order valence-electron chi connectivity index (χ2n) is 4.66. The highest BCUT2D eigenvalue weighted by Crippen LogP contribution is 2.31. The van der Waals surface area contributed by atoms with E-state index in [-0.39, 0.29) is 5.97 Å². The lowest BCUT2D eigenvalue weighted by Gasteiger charge is -2.23. The van der Waals surface area contributed by atoms with Crippen LogP contribution in [0.15, 0.2) is 12.1 Å². The van der Waals surface area contributed by atoms with E-state index < -0.39 is 0 Å². The van der Waals surface area contributed by atoms with Crippen molar-refractivity contribution in [3.05, 3.63) is 28.8 Å². The Morgan fingerprint density at radius 1 is 1.29 bits per heavy atom. The standard InChI is InChI=1S/C14H18O3/c1-9-4-5-10-7-12(14(15)17-3)13(16-2)8-11(10)6-9/h7-9H,4-6H2,1-3H3. The van der Waals surface area contributed by atoms with Crippen molar-refractivity contribution in [3.63, 3.8) is 0 Å². The molecule has 1 aromatic rings. The van der Waals surface area contributed by atoms with Crippen LogP contribution < -0.4 is 4.74 Å². The number of carbonyl (C=O) groups excluding carboxylic acids is 1. The van der Waals surface area contributed by atoms with Crippen LogP contribution in [0.25, 0.3) is 0 Å². The molecule has 0 fully saturated rings. The molecular weight excluding hydrogens is 216 g/mol. The molecule has 0 N–H and O–H groups in total. The molecule has 1 aromatic carbocycles. The van der Waals surface area contributed by atoms with Crippen LogP contribution in [0.2, 0.25) is 0 Å². The van der Waals surface area contributed by atoms with E-state index in [0.717, 1.165) is 12.8 Å². The minimum atomic E-state index is -0.330. The van der Waals surface area contributed by atoms with Crippen molar-refractivity contribution in [2.45, 2.75) is 26.2 Å². The van der Waals surface area contributed by atoms with Gasteiger partial charge in [0, 0.05) is 0 Å². The van der Waals surface area contributed by atoms with Crippen LogP contribution in [0.5, 0.6) is 5.75 Å². The summed E-state index contributed by atoms with van der Waals surface area (Å²) in [5, 5.41) is 0. The first-order chi connectivity index (χ1) is 8.15. The number of carbonyl (C=O) groups is 1. The molecule has 0 aromatic heterocycles. The Balaban J connectivity index is 2.45. The summed E-state index contributed by atoms with van der Waals surface area (Å²) < 4.78 is 10.0. The second kappa shape index (κ2) is 4.78. The van der Waals surface area contributed by atoms with Crippen LogP contribution >= 0.6 is 0 Å². The molecule has 3 nitrogen and oxygen atoms in total. The number of benzene rings is 1. The van der Waals surface area contributed by atoms with E-state index >= 15 is 0 Å². The fourth-order valence-electron chi connectivity index (χ4n) is 2.41. The molecule has 2 rings (SSSR count). The first-order valence-electron chi connectivity index (χ1n) is 5.93. The zero-order chi connectivity index (χ0) is 12.4. The fourth-order valence-corrected chi connectivity index (χ4v) is 2.41. The van der Waals surface area contributed by atoms with E-state index in [1.165, 1.54) is 24.7 Å². The third-order valence-corrected chi connectivity index (χ3v) is 3.40. The molecule has 17 heavy (non-hydrogen) atoms. The fraction of sp³-hybridized carbons (Fsp3) is 0.500. The van der Waals surface area contributed by atoms with Gasteiger partial charge in [-0.2, -0.15) is 0 Å². The van der Waals surface area contributed by atoms with E-state index in [4.69, 9.17) is 9.47 Å². The summed E-state index contributed by atoms with van der Waals surface area (Å²) in [5.74, 6) is 0.990. The van der Waals surface area contributed by atoms with Gasteiger partial charge < -0.3 is 9.47 Å². The number of aryl methyl sites for hydroxylation is 1. The molecule has 3 heteroatoms. The van der Waals surface area contributed by atoms with Crippen LogP contribution in [-0.4, -0.2) is 20.2 Å². The largest absolute Gasteiger partial charge is 0.496 e. The minimum absolute atomic E-state index is 0.330. The summed E-state index contributed by atoms with van der Waals surface area (Å²) in [6.07, 6.45) is 3.28. The van der Waals surface area contributed by atoms with Crippen molar-refractivity contribution in [2.75, 3.05) is 14.2 Å². The summed E-state index contributed by atoms with van der Waals surface area (Å²) >= 11 is 0. The van der Waals surface area contributed by atoms with Crippen molar-refractivity contribution in [3.8, 4) is 5.75 Å². The molecule has 0 amide bonds. The molecule has 0 heterocycles. The summed E-state index contributed by atoms with van der Waals surface area (Å²) in [6.45, 7) is 2.25. The summed E-state index contributed by atoms with van der Waals surface area (Å²) in [7, 11) is 2.98. The average molecular weight is 234 g/mol. The Morgan fingerprint density at radius 2 is 2.06 bits per heavy atom. The molecule has 92 valence electrons. The summed E-state index contributed by atoms with van der Waals surface area (Å²) in [6, 6.07) is 3.91. The Hall–Kier alpha value is -1.51. The van der Waals surface area contributed by atoms with Gasteiger partial charge in [0.05, 0.1) is 14.2 Å². The summed E-state index contributed by atoms with van der Waals surface area (Å²) in [5.41, 5.74) is 3.08. The summed E-state index contributed by atoms with van der Waals surface area (Å²) in [4.78, 5) is 11.6. The first kappa shape index (κ1) is 12.0. The molecule has 0 bridgehead atoms. The molecule has 0 spiro atoms. The molecule has 1 aliphatic rings. The van der Waals surface area contributed by atoms with Crippen LogP contribution in [0.1, 0.15) is 34.8 Å². The van der Waals surface area contributed by atoms with E-state index in [0.29, 0.717) is 17.2 Å². The van der Waals surface area contributed by atoms with Gasteiger partial charge in [-0.15, -0.1) is 0 Å². The van der Waals surface area contributed by atoms with Crippen molar-refractivity contribution in [1.29, 1.82) is 0 Å². The maximum Gasteiger partial charge on any atom is 0.341 e. The topological polar surface area (TPSA) is 35.5 Å². The number of hydrogen-bond acceptors (Lipinski definition) is 3. The number of fused-ring (bicyclic) bond motifs is 1. The van der Waals surface area contributed by atoms with Crippen molar-refractivity contribution >= 4 is 5.97 Å². The van der Waals surface area contributed by atoms with Gasteiger partial charge in [-0.1, -0.05) is 6.92 Å². The Bertz CT molecular complexity index is 437. The third kappa shape index (κ3) is 2.28. The second-order valence-corrected chi connectivity index (χ2v) is 4.66. The van der Waals surface area contributed by atoms with Gasteiger partial charge >= 0.3 is 5.97 Å². The van der Waals surface area contributed by atoms with Crippen LogP contribution in [0, 0.1) is 5.92 Å². The van der Waals surface area contributed by atoms with Gasteiger partial charge in [-0.25, -0.2) is 4.79 Å². The van der Waals surface area contributed by atoms with Crippen LogP contribution in [0.4, 0.5) is 0 Å². The highest BCUT2D eigenvalue weighted by atomic mass is 16.5. The number of methoxy groups -OCH3 is 2. The van der Waals surface area contributed by atoms with Gasteiger partial charge in [-0.05, 0) is 48.4 Å². The predicted molar refractivity (Wildman–Crippen MR) is 65.5 cm³/mol. The van der Waals surface area contributed by atoms with Gasteiger partial charge in [0.2, 0.25) is 0 Å². The highest BCUT2D eigenvalue weighted by molar-refractivity contribution is 5.92. The highest BCUT2D eigenvalue weighted by Gasteiger charge is 2.21. The van der Waals surface area contributed by atoms with E-state index in [9.17, 15) is 4.79 Å². The lowest BCUT2D eigenvalue weighted by molar-refractivity contribution is 0.0597. The number of esters is 1. The molecule has 0 radical (unpaired) electrons. The quantitative estimate of drug-likeness (QED) is 0.738. The maximum atomic E-state index is 11.6. The number of ether oxygens (including phenoxy) is 2. The van der Waals surface area contributed by atoms with Crippen molar-refractivity contribution in [2.24, 2.45) is 5.92 Å². The lowest BCUT2D eigenvalue weighted by Crippen LogP contribution is -2.14. The van der Waals surface area contributed by atoms with Crippen molar-refractivity contribution < 1.29 is 14.3 Å². The Kier molecular flexibility index (Phi) is 3.36. The molecule has 0 saturated heterocycles. The van der Waals surface area contributed by atoms with Gasteiger partial charge in [0.15, 0.2) is 0 Å². The van der Waals surface area contributed by atoms with E-state index in [1.54, 1.807) is 7.11 Å². The predicted octanol–water partition coefficient (Wildman–Crippen LogP) is 2.61. The molecule has 0 saturated carbocycles. The number of rotatable bonds is 2. The average Bonchev–Trinajstić information content (AvgIpc) is 2.36. The molecule has 1 unspecified atom stereocenters. The van der Waals surface area contributed by atoms with Gasteiger partial charge in [0.25, 0.3) is 0 Å². The minimum Gasteiger partial charge on any atom is -0.496 e. The molecule has 1 aliphatic carbocycles. The lowest BCUT2D eigenvalue weighted by atomic mass is 9.84. The molecule has 0 aliphatic heterocycles. The van der Waals surface area contributed by atoms with E-state index in [2.05, 4.69) is 6.92 Å². The number of hydrogen-bond donors (Lipinski definition) is 0. The Morgan fingerprint density at radius 3 is 2.71 bits per heavy atom. The zero-order valence-corrected chi connectivity index (χ0v) is 10.6. The van der Waals surface area contributed by atoms with E-state index in [1.807, 2.05) is 12.1 Å². The smallest absolute Gasteiger partial charge is 0.341 e. The molecular formula is C14H18O3. The normalized spacial score (nSPS) is 18.4. The Labute approximate surface area is 102 Å². The van der Waals surface area contributed by atoms with Crippen molar-refractivity contribution in [1.82, 2.24) is 0 Å². The maximum absolute atomic E-state index is 11.6. The zero-order valence-electron chi connectivity index (χ0n) is 10.6. The monoisotopic (exact) mass is 234 g/mol.